The summed E-state index contributed by atoms with van der Waals surface area (Å²) in [6.07, 6.45) is 14.5. The lowest BCUT2D eigenvalue weighted by Crippen LogP contribution is -2.24. The summed E-state index contributed by atoms with van der Waals surface area (Å²) in [6.45, 7) is 4.00. The third-order valence-electron chi connectivity index (χ3n) is 6.68. The van der Waals surface area contributed by atoms with E-state index >= 15 is 0 Å². The molecular formula is C30H38N2O4. The summed E-state index contributed by atoms with van der Waals surface area (Å²) < 4.78 is 11.0. The third-order valence-corrected chi connectivity index (χ3v) is 6.68. The Balaban J connectivity index is 1.37. The summed E-state index contributed by atoms with van der Waals surface area (Å²) in [4.78, 5) is 24.6. The molecule has 0 aliphatic heterocycles. The second kappa shape index (κ2) is 14.1. The van der Waals surface area contributed by atoms with Crippen molar-refractivity contribution in [3.8, 4) is 0 Å². The third kappa shape index (κ3) is 8.91. The van der Waals surface area contributed by atoms with E-state index in [0.29, 0.717) is 23.4 Å². The van der Waals surface area contributed by atoms with Gasteiger partial charge in [0.05, 0.1) is 12.2 Å². The van der Waals surface area contributed by atoms with Gasteiger partial charge in [0.25, 0.3) is 0 Å². The molecule has 1 aliphatic carbocycles. The van der Waals surface area contributed by atoms with Gasteiger partial charge in [0.1, 0.15) is 6.10 Å². The van der Waals surface area contributed by atoms with E-state index in [1.54, 1.807) is 42.5 Å². The summed E-state index contributed by atoms with van der Waals surface area (Å²) in [6, 6.07) is 12.3. The Morgan fingerprint density at radius 2 is 1.75 bits per heavy atom. The number of nitrogen functional groups attached to an aromatic ring is 2. The number of hydrogen-bond acceptors (Lipinski definition) is 6. The maximum Gasteiger partial charge on any atom is 0.338 e. The van der Waals surface area contributed by atoms with E-state index < -0.39 is 5.97 Å². The molecule has 2 aromatic rings. The Morgan fingerprint density at radius 1 is 1.00 bits per heavy atom. The Kier molecular flexibility index (Phi) is 10.6. The van der Waals surface area contributed by atoms with E-state index in [4.69, 9.17) is 20.9 Å². The summed E-state index contributed by atoms with van der Waals surface area (Å²) in [5, 5.41) is 0. The number of carbonyl (C=O) groups excluding carboxylic acids is 2. The summed E-state index contributed by atoms with van der Waals surface area (Å²) in [7, 11) is 0. The van der Waals surface area contributed by atoms with Crippen molar-refractivity contribution < 1.29 is 19.1 Å². The van der Waals surface area contributed by atoms with E-state index in [9.17, 15) is 9.59 Å². The number of allylic oxidation sites excluding steroid dienone is 1. The van der Waals surface area contributed by atoms with Crippen molar-refractivity contribution in [2.24, 2.45) is 5.92 Å². The van der Waals surface area contributed by atoms with Crippen LogP contribution in [0.15, 0.2) is 61.2 Å². The first-order valence-electron chi connectivity index (χ1n) is 12.8. The van der Waals surface area contributed by atoms with Crippen LogP contribution in [0.1, 0.15) is 72.9 Å². The van der Waals surface area contributed by atoms with Crippen LogP contribution in [0.4, 0.5) is 11.4 Å². The SMILES string of the molecule is C=CCCCCC1CCC(OC(=O)c2ccc(/C=C/C(=O)OCCc3ccc(N)cc3N)cc2)CC1. The van der Waals surface area contributed by atoms with Gasteiger partial charge in [-0.2, -0.15) is 0 Å². The van der Waals surface area contributed by atoms with Crippen molar-refractivity contribution in [2.45, 2.75) is 63.9 Å². The number of ether oxygens (including phenoxy) is 2. The summed E-state index contributed by atoms with van der Waals surface area (Å²) in [5.41, 5.74) is 15.0. The van der Waals surface area contributed by atoms with Gasteiger partial charge < -0.3 is 20.9 Å². The van der Waals surface area contributed by atoms with Gasteiger partial charge >= 0.3 is 11.9 Å². The monoisotopic (exact) mass is 490 g/mol. The fourth-order valence-corrected chi connectivity index (χ4v) is 4.52. The lowest BCUT2D eigenvalue weighted by Gasteiger charge is -2.28. The zero-order valence-corrected chi connectivity index (χ0v) is 21.0. The Labute approximate surface area is 214 Å². The maximum atomic E-state index is 12.6. The minimum absolute atomic E-state index is 0.000129. The van der Waals surface area contributed by atoms with Crippen molar-refractivity contribution in [3.05, 3.63) is 77.9 Å². The molecule has 1 fully saturated rings. The first-order valence-corrected chi connectivity index (χ1v) is 12.8. The molecule has 1 saturated carbocycles. The van der Waals surface area contributed by atoms with Crippen LogP contribution < -0.4 is 11.5 Å². The Bertz CT molecular complexity index is 1040. The smallest absolute Gasteiger partial charge is 0.338 e. The van der Waals surface area contributed by atoms with Gasteiger partial charge in [-0.05, 0) is 85.9 Å². The predicted molar refractivity (Wildman–Crippen MR) is 145 cm³/mol. The molecular weight excluding hydrogens is 452 g/mol. The highest BCUT2D eigenvalue weighted by molar-refractivity contribution is 5.90. The Morgan fingerprint density at radius 3 is 2.44 bits per heavy atom. The molecule has 0 bridgehead atoms. The standard InChI is InChI=1S/C30H38N2O4/c1-2-3-4-5-6-22-9-16-27(17-10-22)36-30(34)25-12-7-23(8-13-25)11-18-29(33)35-20-19-24-14-15-26(31)21-28(24)32/h2,7-8,11-15,18,21-22,27H,1,3-6,9-10,16-17,19-20,31-32H2/b18-11+. The molecule has 6 heteroatoms. The van der Waals surface area contributed by atoms with Crippen LogP contribution in [0.25, 0.3) is 6.08 Å². The second-order valence-electron chi connectivity index (χ2n) is 9.45. The molecule has 1 aliphatic rings. The van der Waals surface area contributed by atoms with Crippen LogP contribution in [0.3, 0.4) is 0 Å². The molecule has 36 heavy (non-hydrogen) atoms. The van der Waals surface area contributed by atoms with Crippen molar-refractivity contribution in [1.29, 1.82) is 0 Å². The van der Waals surface area contributed by atoms with Crippen LogP contribution in [-0.4, -0.2) is 24.6 Å². The average molecular weight is 491 g/mol. The number of nitrogens with two attached hydrogens (primary N) is 2. The lowest BCUT2D eigenvalue weighted by molar-refractivity contribution is -0.137. The molecule has 0 atom stereocenters. The number of hydrogen-bond donors (Lipinski definition) is 2. The second-order valence-corrected chi connectivity index (χ2v) is 9.45. The van der Waals surface area contributed by atoms with Crippen LogP contribution in [0.2, 0.25) is 0 Å². The van der Waals surface area contributed by atoms with Gasteiger partial charge in [0, 0.05) is 23.9 Å². The first kappa shape index (κ1) is 27.1. The number of carbonyl (C=O) groups is 2. The van der Waals surface area contributed by atoms with Crippen LogP contribution >= 0.6 is 0 Å². The number of unbranched alkanes of at least 4 members (excludes halogenated alkanes) is 2. The quantitative estimate of drug-likeness (QED) is 0.122. The van der Waals surface area contributed by atoms with Gasteiger partial charge in [0.15, 0.2) is 0 Å². The van der Waals surface area contributed by atoms with E-state index in [-0.39, 0.29) is 18.7 Å². The van der Waals surface area contributed by atoms with Crippen molar-refractivity contribution in [3.63, 3.8) is 0 Å². The molecule has 0 radical (unpaired) electrons. The van der Waals surface area contributed by atoms with E-state index in [0.717, 1.165) is 49.1 Å². The number of anilines is 2. The van der Waals surface area contributed by atoms with Gasteiger partial charge in [0.2, 0.25) is 0 Å². The topological polar surface area (TPSA) is 105 Å². The lowest BCUT2D eigenvalue weighted by atomic mass is 9.84. The Hall–Kier alpha value is -3.54. The molecule has 0 aromatic heterocycles. The van der Waals surface area contributed by atoms with Crippen LogP contribution in [0, 0.1) is 5.92 Å². The van der Waals surface area contributed by atoms with E-state index in [1.165, 1.54) is 25.3 Å². The molecule has 0 saturated heterocycles. The molecule has 192 valence electrons. The summed E-state index contributed by atoms with van der Waals surface area (Å²) >= 11 is 0. The number of benzene rings is 2. The molecule has 0 unspecified atom stereocenters. The van der Waals surface area contributed by atoms with Gasteiger partial charge in [-0.3, -0.25) is 0 Å². The van der Waals surface area contributed by atoms with E-state index in [2.05, 4.69) is 6.58 Å². The van der Waals surface area contributed by atoms with Crippen LogP contribution in [0.5, 0.6) is 0 Å². The molecule has 0 spiro atoms. The van der Waals surface area contributed by atoms with Crippen molar-refractivity contribution >= 4 is 29.4 Å². The molecule has 0 heterocycles. The van der Waals surface area contributed by atoms with Gasteiger partial charge in [-0.15, -0.1) is 6.58 Å². The number of esters is 2. The molecule has 0 amide bonds. The van der Waals surface area contributed by atoms with E-state index in [1.807, 2.05) is 12.1 Å². The predicted octanol–water partition coefficient (Wildman–Crippen LogP) is 6.11. The normalized spacial score (nSPS) is 17.6. The average Bonchev–Trinajstić information content (AvgIpc) is 2.88. The maximum absolute atomic E-state index is 12.6. The molecule has 4 N–H and O–H groups in total. The minimum atomic E-state index is -0.441. The highest BCUT2D eigenvalue weighted by Crippen LogP contribution is 2.30. The van der Waals surface area contributed by atoms with Crippen molar-refractivity contribution in [2.75, 3.05) is 18.1 Å². The zero-order chi connectivity index (χ0) is 25.8. The first-order chi connectivity index (χ1) is 17.4. The molecule has 2 aromatic carbocycles. The van der Waals surface area contributed by atoms with Gasteiger partial charge in [-0.1, -0.05) is 37.1 Å². The molecule has 3 rings (SSSR count). The minimum Gasteiger partial charge on any atom is -0.462 e. The number of rotatable bonds is 12. The summed E-state index contributed by atoms with van der Waals surface area (Å²) in [5.74, 6) is 0.0171. The highest BCUT2D eigenvalue weighted by atomic mass is 16.5. The fraction of sp³-hybridized carbons (Fsp3) is 0.400. The zero-order valence-electron chi connectivity index (χ0n) is 21.0. The fourth-order valence-electron chi connectivity index (χ4n) is 4.52. The van der Waals surface area contributed by atoms with Crippen molar-refractivity contribution in [1.82, 2.24) is 0 Å². The van der Waals surface area contributed by atoms with Crippen LogP contribution in [-0.2, 0) is 20.7 Å². The molecule has 6 nitrogen and oxygen atoms in total. The van der Waals surface area contributed by atoms with Gasteiger partial charge in [-0.25, -0.2) is 9.59 Å². The largest absolute Gasteiger partial charge is 0.462 e. The highest BCUT2D eigenvalue weighted by Gasteiger charge is 2.24.